The van der Waals surface area contributed by atoms with Crippen molar-refractivity contribution in [2.24, 2.45) is 5.92 Å². The number of ether oxygens (including phenoxy) is 2. The second kappa shape index (κ2) is 10.5. The van der Waals surface area contributed by atoms with Gasteiger partial charge in [0.15, 0.2) is 5.13 Å². The molecule has 2 aliphatic heterocycles. The molecule has 0 spiro atoms. The van der Waals surface area contributed by atoms with Gasteiger partial charge in [0, 0.05) is 48.1 Å². The van der Waals surface area contributed by atoms with Gasteiger partial charge < -0.3 is 24.0 Å². The number of halogens is 2. The molecular formula is C31H29Cl2N3O5S. The minimum atomic E-state index is -0.912. The van der Waals surface area contributed by atoms with Crippen molar-refractivity contribution in [3.8, 4) is 11.3 Å². The molecule has 2 aliphatic carbocycles. The Morgan fingerprint density at radius 1 is 1.14 bits per heavy atom. The molecular weight excluding hydrogens is 597 g/mol. The maximum Gasteiger partial charge on any atom is 0.335 e. The van der Waals surface area contributed by atoms with Gasteiger partial charge in [-0.1, -0.05) is 45.8 Å². The van der Waals surface area contributed by atoms with Gasteiger partial charge in [0.25, 0.3) is 0 Å². The zero-order valence-electron chi connectivity index (χ0n) is 22.7. The molecule has 2 saturated carbocycles. The van der Waals surface area contributed by atoms with Crippen LogP contribution in [-0.4, -0.2) is 53.1 Å². The van der Waals surface area contributed by atoms with Crippen molar-refractivity contribution in [1.29, 1.82) is 0 Å². The van der Waals surface area contributed by atoms with Crippen LogP contribution in [0.1, 0.15) is 71.2 Å². The van der Waals surface area contributed by atoms with Crippen LogP contribution < -0.4 is 4.90 Å². The Kier molecular flexibility index (Phi) is 6.72. The molecule has 218 valence electrons. The number of carboxylic acids is 1. The molecule has 4 heterocycles. The molecule has 4 fully saturated rings. The summed E-state index contributed by atoms with van der Waals surface area (Å²) in [6, 6.07) is 9.35. The molecule has 2 saturated heterocycles. The van der Waals surface area contributed by atoms with Gasteiger partial charge >= 0.3 is 5.97 Å². The summed E-state index contributed by atoms with van der Waals surface area (Å²) < 4.78 is 19.0. The Morgan fingerprint density at radius 2 is 1.98 bits per heavy atom. The van der Waals surface area contributed by atoms with Crippen LogP contribution in [0.4, 0.5) is 5.13 Å². The number of piperidine rings is 1. The van der Waals surface area contributed by atoms with E-state index in [1.807, 2.05) is 18.2 Å². The number of carboxylic acid groups (broad SMARTS) is 1. The number of nitrogens with zero attached hydrogens (tertiary/aromatic N) is 3. The van der Waals surface area contributed by atoms with Crippen molar-refractivity contribution < 1.29 is 23.9 Å². The number of hydrogen-bond acceptors (Lipinski definition) is 8. The van der Waals surface area contributed by atoms with E-state index < -0.39 is 5.97 Å². The van der Waals surface area contributed by atoms with Gasteiger partial charge in [-0.2, -0.15) is 0 Å². The first-order valence-corrected chi connectivity index (χ1v) is 16.1. The zero-order chi connectivity index (χ0) is 28.5. The molecule has 42 heavy (non-hydrogen) atoms. The molecule has 4 atom stereocenters. The summed E-state index contributed by atoms with van der Waals surface area (Å²) >= 11 is 14.7. The minimum absolute atomic E-state index is 0.127. The second-order valence-electron chi connectivity index (χ2n) is 11.9. The molecule has 1 N–H and O–H groups in total. The first-order chi connectivity index (χ1) is 20.4. The highest BCUT2D eigenvalue weighted by Gasteiger charge is 2.47. The Hall–Kier alpha value is -2.69. The van der Waals surface area contributed by atoms with E-state index in [0.717, 1.165) is 70.9 Å². The molecule has 0 radical (unpaired) electrons. The molecule has 8 rings (SSSR count). The van der Waals surface area contributed by atoms with Gasteiger partial charge in [0.2, 0.25) is 0 Å². The van der Waals surface area contributed by atoms with E-state index in [1.54, 1.807) is 23.5 Å². The van der Waals surface area contributed by atoms with Gasteiger partial charge in [-0.3, -0.25) is 0 Å². The number of anilines is 1. The number of thiazole rings is 1. The Bertz CT molecular complexity index is 1670. The third-order valence-corrected chi connectivity index (χ3v) is 10.9. The lowest BCUT2D eigenvalue weighted by atomic mass is 9.95. The number of aromatic nitrogens is 2. The first-order valence-electron chi connectivity index (χ1n) is 14.5. The molecule has 2 aromatic heterocycles. The smallest absolute Gasteiger partial charge is 0.335 e. The van der Waals surface area contributed by atoms with Gasteiger partial charge in [0.1, 0.15) is 11.5 Å². The molecule has 8 nitrogen and oxygen atoms in total. The fourth-order valence-electron chi connectivity index (χ4n) is 6.96. The third kappa shape index (κ3) is 4.61. The lowest BCUT2D eigenvalue weighted by Crippen LogP contribution is -2.38. The monoisotopic (exact) mass is 625 g/mol. The summed E-state index contributed by atoms with van der Waals surface area (Å²) in [6.07, 6.45) is 5.15. The van der Waals surface area contributed by atoms with Crippen LogP contribution in [-0.2, 0) is 16.1 Å². The Morgan fingerprint density at radius 3 is 2.67 bits per heavy atom. The van der Waals surface area contributed by atoms with Crippen molar-refractivity contribution in [3.63, 3.8) is 0 Å². The van der Waals surface area contributed by atoms with Gasteiger partial charge in [-0.25, -0.2) is 9.78 Å². The predicted molar refractivity (Wildman–Crippen MR) is 161 cm³/mol. The van der Waals surface area contributed by atoms with E-state index in [1.165, 1.54) is 0 Å². The average molecular weight is 627 g/mol. The normalized spacial score (nSPS) is 25.2. The molecule has 4 aliphatic rings. The maximum absolute atomic E-state index is 11.9. The summed E-state index contributed by atoms with van der Waals surface area (Å²) in [5.74, 6) is 0.922. The number of aromatic carboxylic acids is 1. The van der Waals surface area contributed by atoms with E-state index >= 15 is 0 Å². The van der Waals surface area contributed by atoms with Gasteiger partial charge in [-0.05, 0) is 61.9 Å². The van der Waals surface area contributed by atoms with Crippen molar-refractivity contribution in [1.82, 2.24) is 10.1 Å². The number of benzene rings is 2. The highest BCUT2D eigenvalue weighted by molar-refractivity contribution is 7.22. The molecule has 4 aromatic rings. The van der Waals surface area contributed by atoms with Gasteiger partial charge in [0.05, 0.1) is 45.1 Å². The topological polar surface area (TPSA) is 97.9 Å². The lowest BCUT2D eigenvalue weighted by molar-refractivity contribution is 0.0122. The van der Waals surface area contributed by atoms with Crippen LogP contribution >= 0.6 is 34.5 Å². The third-order valence-electron chi connectivity index (χ3n) is 9.26. The van der Waals surface area contributed by atoms with Crippen LogP contribution in [0, 0.1) is 5.92 Å². The maximum atomic E-state index is 11.9. The minimum Gasteiger partial charge on any atom is -0.478 e. The highest BCUT2D eigenvalue weighted by atomic mass is 35.5. The average Bonchev–Trinajstić information content (AvgIpc) is 3.49. The second-order valence-corrected chi connectivity index (χ2v) is 13.7. The number of rotatable bonds is 8. The van der Waals surface area contributed by atoms with Crippen molar-refractivity contribution in [2.45, 2.75) is 62.7 Å². The molecule has 11 heteroatoms. The lowest BCUT2D eigenvalue weighted by Gasteiger charge is -2.31. The Labute approximate surface area is 256 Å². The van der Waals surface area contributed by atoms with E-state index in [0.29, 0.717) is 64.6 Å². The van der Waals surface area contributed by atoms with Crippen LogP contribution in [0.25, 0.3) is 21.5 Å². The van der Waals surface area contributed by atoms with Crippen LogP contribution in [0.15, 0.2) is 34.9 Å². The summed E-state index contributed by atoms with van der Waals surface area (Å²) in [5, 5.41) is 16.2. The van der Waals surface area contributed by atoms with E-state index in [2.05, 4.69) is 10.1 Å². The number of fused-ring (bicyclic) bond motifs is 3. The largest absolute Gasteiger partial charge is 0.478 e. The van der Waals surface area contributed by atoms with E-state index in [-0.39, 0.29) is 12.0 Å². The zero-order valence-corrected chi connectivity index (χ0v) is 25.1. The summed E-state index contributed by atoms with van der Waals surface area (Å²) in [7, 11) is 0. The fourth-order valence-corrected chi connectivity index (χ4v) is 8.66. The number of hydrogen-bond donors (Lipinski definition) is 1. The molecule has 2 aromatic carbocycles. The van der Waals surface area contributed by atoms with E-state index in [4.69, 9.17) is 42.2 Å². The van der Waals surface area contributed by atoms with Crippen molar-refractivity contribution >= 4 is 55.9 Å². The quantitative estimate of drug-likeness (QED) is 0.215. The van der Waals surface area contributed by atoms with Crippen LogP contribution in [0.5, 0.6) is 0 Å². The van der Waals surface area contributed by atoms with Crippen LogP contribution in [0.2, 0.25) is 10.0 Å². The standard InChI is InChI=1S/C31H29Cl2N3O5S/c32-22-2-1-3-23(33)26(22)28-21(29(41-35-28)15-4-5-15)14-40-24-11-19-8-18(24)12-36(19)31-34-27-20(16-6-7-39-13-16)9-17(30(37)38)10-25(27)42-31/h1-3,9-10,15-16,18-19,24H,4-8,11-14H2,(H,37,38)/t16?,18-,19-,24+/m0/s1. The summed E-state index contributed by atoms with van der Waals surface area (Å²) in [4.78, 5) is 19.3. The van der Waals surface area contributed by atoms with Gasteiger partial charge in [-0.15, -0.1) is 0 Å². The summed E-state index contributed by atoms with van der Waals surface area (Å²) in [6.45, 7) is 2.58. The van der Waals surface area contributed by atoms with E-state index in [9.17, 15) is 9.90 Å². The highest BCUT2D eigenvalue weighted by Crippen LogP contribution is 2.48. The molecule has 0 amide bonds. The number of carbonyl (C=O) groups is 1. The fraction of sp³-hybridized carbons (Fsp3) is 0.452. The van der Waals surface area contributed by atoms with Crippen LogP contribution in [0.3, 0.4) is 0 Å². The molecule has 1 unspecified atom stereocenters. The SMILES string of the molecule is O=C(O)c1cc(C2CCOC2)c2nc(N3C[C@@H]4C[C@H]3C[C@H]4OCc3c(-c4c(Cl)cccc4Cl)noc3C3CC3)sc2c1. The molecule has 2 bridgehead atoms. The first kappa shape index (κ1) is 26.9. The Balaban J connectivity index is 1.02. The summed E-state index contributed by atoms with van der Waals surface area (Å²) in [5.41, 5.74) is 4.54. The predicted octanol–water partition coefficient (Wildman–Crippen LogP) is 7.52. The van der Waals surface area contributed by atoms with Crippen molar-refractivity contribution in [3.05, 3.63) is 62.8 Å². The van der Waals surface area contributed by atoms with Crippen molar-refractivity contribution in [2.75, 3.05) is 24.7 Å².